The largest absolute Gasteiger partial charge is 0.323 e. The third kappa shape index (κ3) is 3.60. The lowest BCUT2D eigenvalue weighted by Gasteiger charge is -2.46. The predicted octanol–water partition coefficient (Wildman–Crippen LogP) is 2.27. The van der Waals surface area contributed by atoms with Crippen molar-refractivity contribution in [1.82, 2.24) is 9.80 Å². The van der Waals surface area contributed by atoms with Crippen molar-refractivity contribution < 1.29 is 0 Å². The van der Waals surface area contributed by atoms with E-state index in [0.717, 1.165) is 32.6 Å². The standard InChI is InChI=1S/C17H29N3/c1-5-14-6-8-15(9-7-14)16(18)12-20-11-10-19(4)17(2,3)13-20/h6-9,16H,5,10-13,18H2,1-4H3. The zero-order valence-corrected chi connectivity index (χ0v) is 13.4. The van der Waals surface area contributed by atoms with Gasteiger partial charge in [-0.25, -0.2) is 0 Å². The molecule has 0 saturated carbocycles. The highest BCUT2D eigenvalue weighted by Crippen LogP contribution is 2.21. The summed E-state index contributed by atoms with van der Waals surface area (Å²) in [6.45, 7) is 11.1. The number of benzene rings is 1. The number of nitrogens with zero attached hydrogens (tertiary/aromatic N) is 2. The number of nitrogens with two attached hydrogens (primary N) is 1. The first-order chi connectivity index (χ1) is 9.42. The van der Waals surface area contributed by atoms with Crippen molar-refractivity contribution in [2.75, 3.05) is 33.2 Å². The van der Waals surface area contributed by atoms with Crippen molar-refractivity contribution in [2.24, 2.45) is 5.73 Å². The molecule has 2 N–H and O–H groups in total. The number of hydrogen-bond acceptors (Lipinski definition) is 3. The fourth-order valence-electron chi connectivity index (χ4n) is 2.88. The summed E-state index contributed by atoms with van der Waals surface area (Å²) >= 11 is 0. The van der Waals surface area contributed by atoms with E-state index in [-0.39, 0.29) is 11.6 Å². The SMILES string of the molecule is CCc1ccc(C(N)CN2CCN(C)C(C)(C)C2)cc1. The van der Waals surface area contributed by atoms with E-state index in [0.29, 0.717) is 0 Å². The van der Waals surface area contributed by atoms with Crippen LogP contribution >= 0.6 is 0 Å². The highest BCUT2D eigenvalue weighted by Gasteiger charge is 2.31. The number of aryl methyl sites for hydroxylation is 1. The van der Waals surface area contributed by atoms with Gasteiger partial charge in [-0.15, -0.1) is 0 Å². The Morgan fingerprint density at radius 3 is 2.40 bits per heavy atom. The Balaban J connectivity index is 1.95. The van der Waals surface area contributed by atoms with Gasteiger partial charge < -0.3 is 5.73 Å². The first-order valence-electron chi connectivity index (χ1n) is 7.70. The summed E-state index contributed by atoms with van der Waals surface area (Å²) in [6, 6.07) is 8.88. The number of likely N-dealkylation sites (N-methyl/N-ethyl adjacent to an activating group) is 1. The Labute approximate surface area is 123 Å². The van der Waals surface area contributed by atoms with Crippen molar-refractivity contribution in [2.45, 2.75) is 38.8 Å². The predicted molar refractivity (Wildman–Crippen MR) is 85.9 cm³/mol. The molecule has 3 nitrogen and oxygen atoms in total. The molecule has 1 fully saturated rings. The zero-order valence-electron chi connectivity index (χ0n) is 13.4. The summed E-state index contributed by atoms with van der Waals surface area (Å²) in [7, 11) is 2.21. The van der Waals surface area contributed by atoms with Crippen LogP contribution in [0.1, 0.15) is 37.9 Å². The maximum Gasteiger partial charge on any atom is 0.0424 e. The van der Waals surface area contributed by atoms with Crippen LogP contribution in [0.15, 0.2) is 24.3 Å². The minimum atomic E-state index is 0.111. The lowest BCUT2D eigenvalue weighted by molar-refractivity contribution is 0.0372. The quantitative estimate of drug-likeness (QED) is 0.915. The molecule has 1 atom stereocenters. The average molecular weight is 275 g/mol. The molecule has 0 radical (unpaired) electrons. The van der Waals surface area contributed by atoms with Gasteiger partial charge in [0.1, 0.15) is 0 Å². The third-order valence-corrected chi connectivity index (χ3v) is 4.67. The molecule has 1 saturated heterocycles. The number of piperazine rings is 1. The Morgan fingerprint density at radius 2 is 1.85 bits per heavy atom. The molecule has 0 bridgehead atoms. The monoisotopic (exact) mass is 275 g/mol. The van der Waals surface area contributed by atoms with Crippen molar-refractivity contribution in [3.63, 3.8) is 0 Å². The molecule has 0 aromatic heterocycles. The number of rotatable bonds is 4. The molecule has 0 amide bonds. The highest BCUT2D eigenvalue weighted by molar-refractivity contribution is 5.25. The lowest BCUT2D eigenvalue weighted by Crippen LogP contribution is -2.58. The number of hydrogen-bond donors (Lipinski definition) is 1. The summed E-state index contributed by atoms with van der Waals surface area (Å²) in [6.07, 6.45) is 1.09. The van der Waals surface area contributed by atoms with Crippen LogP contribution in [0.2, 0.25) is 0 Å². The Hall–Kier alpha value is -0.900. The van der Waals surface area contributed by atoms with Crippen molar-refractivity contribution >= 4 is 0 Å². The topological polar surface area (TPSA) is 32.5 Å². The summed E-state index contributed by atoms with van der Waals surface area (Å²) in [5, 5.41) is 0. The van der Waals surface area contributed by atoms with Gasteiger partial charge in [-0.2, -0.15) is 0 Å². The third-order valence-electron chi connectivity index (χ3n) is 4.67. The fourth-order valence-corrected chi connectivity index (χ4v) is 2.88. The molecule has 1 aliphatic rings. The molecule has 0 aliphatic carbocycles. The van der Waals surface area contributed by atoms with Gasteiger partial charge in [0.2, 0.25) is 0 Å². The second-order valence-corrected chi connectivity index (χ2v) is 6.67. The molecule has 1 unspecified atom stereocenters. The smallest absolute Gasteiger partial charge is 0.0424 e. The Kier molecular flexibility index (Phi) is 4.84. The van der Waals surface area contributed by atoms with Gasteiger partial charge in [0.05, 0.1) is 0 Å². The second-order valence-electron chi connectivity index (χ2n) is 6.67. The lowest BCUT2D eigenvalue weighted by atomic mass is 9.98. The van der Waals surface area contributed by atoms with Crippen LogP contribution < -0.4 is 5.73 Å². The van der Waals surface area contributed by atoms with Crippen LogP contribution in [-0.4, -0.2) is 48.6 Å². The zero-order chi connectivity index (χ0) is 14.8. The van der Waals surface area contributed by atoms with E-state index < -0.39 is 0 Å². The van der Waals surface area contributed by atoms with Gasteiger partial charge in [-0.3, -0.25) is 9.80 Å². The molecule has 112 valence electrons. The second kappa shape index (κ2) is 6.25. The van der Waals surface area contributed by atoms with Crippen LogP contribution in [0.3, 0.4) is 0 Å². The van der Waals surface area contributed by atoms with E-state index >= 15 is 0 Å². The highest BCUT2D eigenvalue weighted by atomic mass is 15.3. The van der Waals surface area contributed by atoms with Crippen LogP contribution in [0.25, 0.3) is 0 Å². The fraction of sp³-hybridized carbons (Fsp3) is 0.647. The molecule has 1 aliphatic heterocycles. The normalized spacial score (nSPS) is 21.9. The van der Waals surface area contributed by atoms with E-state index in [1.54, 1.807) is 0 Å². The van der Waals surface area contributed by atoms with Crippen LogP contribution in [0.5, 0.6) is 0 Å². The van der Waals surface area contributed by atoms with Gasteiger partial charge in [-0.1, -0.05) is 31.2 Å². The van der Waals surface area contributed by atoms with Crippen LogP contribution in [0, 0.1) is 0 Å². The van der Waals surface area contributed by atoms with E-state index in [4.69, 9.17) is 5.73 Å². The van der Waals surface area contributed by atoms with Gasteiger partial charge in [0, 0.05) is 37.8 Å². The Morgan fingerprint density at radius 1 is 1.20 bits per heavy atom. The molecule has 1 heterocycles. The minimum absolute atomic E-state index is 0.111. The molecular weight excluding hydrogens is 246 g/mol. The van der Waals surface area contributed by atoms with Crippen molar-refractivity contribution in [3.05, 3.63) is 35.4 Å². The maximum absolute atomic E-state index is 6.39. The van der Waals surface area contributed by atoms with Gasteiger partial charge >= 0.3 is 0 Å². The molecular formula is C17H29N3. The van der Waals surface area contributed by atoms with E-state index in [9.17, 15) is 0 Å². The average Bonchev–Trinajstić information content (AvgIpc) is 2.42. The van der Waals surface area contributed by atoms with Crippen molar-refractivity contribution in [1.29, 1.82) is 0 Å². The van der Waals surface area contributed by atoms with Crippen molar-refractivity contribution in [3.8, 4) is 0 Å². The van der Waals surface area contributed by atoms with Gasteiger partial charge in [0.15, 0.2) is 0 Å². The molecule has 20 heavy (non-hydrogen) atoms. The van der Waals surface area contributed by atoms with Gasteiger partial charge in [0.25, 0.3) is 0 Å². The molecule has 1 aromatic carbocycles. The van der Waals surface area contributed by atoms with Crippen LogP contribution in [0.4, 0.5) is 0 Å². The molecule has 3 heteroatoms. The van der Waals surface area contributed by atoms with E-state index in [1.807, 2.05) is 0 Å². The first-order valence-corrected chi connectivity index (χ1v) is 7.70. The van der Waals surface area contributed by atoms with Crippen LogP contribution in [-0.2, 0) is 6.42 Å². The summed E-state index contributed by atoms with van der Waals surface area (Å²) in [5.74, 6) is 0. The van der Waals surface area contributed by atoms with E-state index in [1.165, 1.54) is 11.1 Å². The summed E-state index contributed by atoms with van der Waals surface area (Å²) in [4.78, 5) is 4.93. The molecule has 1 aromatic rings. The first kappa shape index (κ1) is 15.5. The van der Waals surface area contributed by atoms with Gasteiger partial charge in [-0.05, 0) is 38.4 Å². The minimum Gasteiger partial charge on any atom is -0.323 e. The Bertz CT molecular complexity index is 424. The molecule has 2 rings (SSSR count). The maximum atomic E-state index is 6.39. The summed E-state index contributed by atoms with van der Waals surface area (Å²) < 4.78 is 0. The van der Waals surface area contributed by atoms with E-state index in [2.05, 4.69) is 61.9 Å². The molecule has 0 spiro atoms. The summed E-state index contributed by atoms with van der Waals surface area (Å²) in [5.41, 5.74) is 9.25.